The summed E-state index contributed by atoms with van der Waals surface area (Å²) in [5.41, 5.74) is 2.06. The number of hydrogen-bond acceptors (Lipinski definition) is 6. The van der Waals surface area contributed by atoms with Gasteiger partial charge in [0.1, 0.15) is 6.54 Å². The summed E-state index contributed by atoms with van der Waals surface area (Å²) in [4.78, 5) is 29.2. The Morgan fingerprint density at radius 2 is 1.93 bits per heavy atom. The van der Waals surface area contributed by atoms with Crippen LogP contribution in [0.5, 0.6) is 0 Å². The number of benzene rings is 2. The van der Waals surface area contributed by atoms with Crippen LogP contribution in [0.2, 0.25) is 0 Å². The number of amides is 1. The molecule has 0 saturated heterocycles. The highest BCUT2D eigenvalue weighted by atomic mass is 32.2. The summed E-state index contributed by atoms with van der Waals surface area (Å²) in [6, 6.07) is 11.6. The van der Waals surface area contributed by atoms with Crippen LogP contribution in [-0.2, 0) is 32.3 Å². The van der Waals surface area contributed by atoms with Crippen LogP contribution in [0, 0.1) is 0 Å². The monoisotopic (exact) mass is 432 g/mol. The lowest BCUT2D eigenvalue weighted by Crippen LogP contribution is -2.22. The van der Waals surface area contributed by atoms with Gasteiger partial charge in [0.15, 0.2) is 14.6 Å². The summed E-state index contributed by atoms with van der Waals surface area (Å²) in [5.74, 6) is -1.05. The van der Waals surface area contributed by atoms with E-state index in [-0.39, 0.29) is 17.0 Å². The third kappa shape index (κ3) is 4.63. The number of carbonyl (C=O) groups is 2. The molecule has 0 aliphatic carbocycles. The highest BCUT2D eigenvalue weighted by Gasteiger charge is 2.14. The fourth-order valence-corrected chi connectivity index (χ4v) is 4.54. The summed E-state index contributed by atoms with van der Waals surface area (Å²) >= 11 is 1.29. The van der Waals surface area contributed by atoms with E-state index in [1.807, 2.05) is 25.1 Å². The van der Waals surface area contributed by atoms with Crippen molar-refractivity contribution in [3.63, 3.8) is 0 Å². The molecule has 7 nitrogen and oxygen atoms in total. The molecule has 0 bridgehead atoms. The lowest BCUT2D eigenvalue weighted by molar-refractivity contribution is -0.141. The van der Waals surface area contributed by atoms with Crippen molar-refractivity contribution in [2.24, 2.45) is 4.99 Å². The molecule has 0 aliphatic heterocycles. The fourth-order valence-electron chi connectivity index (χ4n) is 2.78. The Bertz CT molecular complexity index is 1270. The average Bonchev–Trinajstić information content (AvgIpc) is 3.03. The van der Waals surface area contributed by atoms with Crippen LogP contribution in [0.1, 0.15) is 22.8 Å². The van der Waals surface area contributed by atoms with Crippen molar-refractivity contribution < 1.29 is 22.7 Å². The van der Waals surface area contributed by atoms with Crippen LogP contribution in [0.25, 0.3) is 10.2 Å². The Morgan fingerprint density at radius 1 is 1.17 bits per heavy atom. The smallest absolute Gasteiger partial charge is 0.325 e. The van der Waals surface area contributed by atoms with Crippen molar-refractivity contribution in [1.82, 2.24) is 4.57 Å². The molecular weight excluding hydrogens is 412 g/mol. The summed E-state index contributed by atoms with van der Waals surface area (Å²) in [6.45, 7) is 1.96. The first-order valence-electron chi connectivity index (χ1n) is 8.81. The minimum absolute atomic E-state index is 0.0462. The molecular formula is C20H20N2O5S2. The van der Waals surface area contributed by atoms with E-state index >= 15 is 0 Å². The quantitative estimate of drug-likeness (QED) is 0.578. The third-order valence-corrected chi connectivity index (χ3v) is 6.53. The Hall–Kier alpha value is -2.78. The molecule has 0 fully saturated rings. The minimum Gasteiger partial charge on any atom is -0.468 e. The first kappa shape index (κ1) is 20.9. The Labute approximate surface area is 172 Å². The molecule has 1 aromatic heterocycles. The van der Waals surface area contributed by atoms with E-state index in [1.54, 1.807) is 4.57 Å². The van der Waals surface area contributed by atoms with Crippen LogP contribution >= 0.6 is 11.3 Å². The Morgan fingerprint density at radius 3 is 2.59 bits per heavy atom. The summed E-state index contributed by atoms with van der Waals surface area (Å²) in [7, 11) is -2.15. The van der Waals surface area contributed by atoms with E-state index in [4.69, 9.17) is 4.74 Å². The second-order valence-corrected chi connectivity index (χ2v) is 9.44. The maximum absolute atomic E-state index is 12.7. The van der Waals surface area contributed by atoms with Gasteiger partial charge in [0.2, 0.25) is 0 Å². The van der Waals surface area contributed by atoms with E-state index in [1.165, 1.54) is 42.7 Å². The first-order chi connectivity index (χ1) is 13.7. The maximum atomic E-state index is 12.7. The molecule has 29 heavy (non-hydrogen) atoms. The molecule has 9 heteroatoms. The number of sulfone groups is 1. The molecule has 1 amide bonds. The lowest BCUT2D eigenvalue weighted by Gasteiger charge is -2.04. The molecule has 0 atom stereocenters. The fraction of sp³-hybridized carbons (Fsp3) is 0.250. The second kappa shape index (κ2) is 8.30. The van der Waals surface area contributed by atoms with E-state index < -0.39 is 21.7 Å². The zero-order valence-corrected chi connectivity index (χ0v) is 17.8. The van der Waals surface area contributed by atoms with Gasteiger partial charge in [-0.25, -0.2) is 8.42 Å². The SMILES string of the molecule is CCc1ccc2c(c1)sc(=NC(=O)c1cccc(S(C)(=O)=O)c1)n2CC(=O)OC. The zero-order chi connectivity index (χ0) is 21.2. The van der Waals surface area contributed by atoms with Crippen LogP contribution in [-0.4, -0.2) is 38.2 Å². The summed E-state index contributed by atoms with van der Waals surface area (Å²) in [5, 5.41) is 0. The number of fused-ring (bicyclic) bond motifs is 1. The maximum Gasteiger partial charge on any atom is 0.325 e. The van der Waals surface area contributed by atoms with Gasteiger partial charge in [0.25, 0.3) is 5.91 Å². The number of thiazole rings is 1. The Balaban J connectivity index is 2.14. The molecule has 0 spiro atoms. The van der Waals surface area contributed by atoms with Gasteiger partial charge >= 0.3 is 5.97 Å². The number of hydrogen-bond donors (Lipinski definition) is 0. The van der Waals surface area contributed by atoms with Crippen molar-refractivity contribution in [2.75, 3.05) is 13.4 Å². The van der Waals surface area contributed by atoms with Gasteiger partial charge in [-0.1, -0.05) is 30.4 Å². The van der Waals surface area contributed by atoms with E-state index in [0.717, 1.165) is 28.5 Å². The minimum atomic E-state index is -3.45. The van der Waals surface area contributed by atoms with Gasteiger partial charge in [-0.05, 0) is 42.3 Å². The lowest BCUT2D eigenvalue weighted by atomic mass is 10.2. The number of esters is 1. The van der Waals surface area contributed by atoms with Gasteiger partial charge in [-0.3, -0.25) is 9.59 Å². The molecule has 2 aromatic carbocycles. The standard InChI is InChI=1S/C20H20N2O5S2/c1-4-13-8-9-16-17(10-13)28-20(22(16)12-18(23)27-2)21-19(24)14-6-5-7-15(11-14)29(3,25)26/h5-11H,4,12H2,1-3H3. The largest absolute Gasteiger partial charge is 0.468 e. The van der Waals surface area contributed by atoms with Gasteiger partial charge in [-0.15, -0.1) is 0 Å². The van der Waals surface area contributed by atoms with Crippen molar-refractivity contribution >= 4 is 43.3 Å². The number of rotatable bonds is 5. The number of aromatic nitrogens is 1. The van der Waals surface area contributed by atoms with Crippen LogP contribution in [0.3, 0.4) is 0 Å². The number of methoxy groups -OCH3 is 1. The molecule has 0 unspecified atom stereocenters. The molecule has 0 radical (unpaired) electrons. The highest BCUT2D eigenvalue weighted by molar-refractivity contribution is 7.90. The Kier molecular flexibility index (Phi) is 5.99. The summed E-state index contributed by atoms with van der Waals surface area (Å²) in [6.07, 6.45) is 1.93. The van der Waals surface area contributed by atoms with Crippen LogP contribution in [0.15, 0.2) is 52.4 Å². The van der Waals surface area contributed by atoms with Crippen LogP contribution in [0.4, 0.5) is 0 Å². The van der Waals surface area contributed by atoms with Crippen molar-refractivity contribution in [3.8, 4) is 0 Å². The molecule has 0 saturated carbocycles. The highest BCUT2D eigenvalue weighted by Crippen LogP contribution is 2.20. The molecule has 1 heterocycles. The number of ether oxygens (including phenoxy) is 1. The molecule has 0 aliphatic rings. The summed E-state index contributed by atoms with van der Waals surface area (Å²) < 4.78 is 30.8. The predicted molar refractivity (Wildman–Crippen MR) is 111 cm³/mol. The first-order valence-corrected chi connectivity index (χ1v) is 11.5. The average molecular weight is 433 g/mol. The topological polar surface area (TPSA) is 94.8 Å². The number of aryl methyl sites for hydroxylation is 1. The molecule has 3 aromatic rings. The number of carbonyl (C=O) groups excluding carboxylic acids is 2. The molecule has 0 N–H and O–H groups in total. The third-order valence-electron chi connectivity index (χ3n) is 4.38. The second-order valence-electron chi connectivity index (χ2n) is 6.42. The van der Waals surface area contributed by atoms with Gasteiger partial charge in [0, 0.05) is 11.8 Å². The molecule has 3 rings (SSSR count). The zero-order valence-electron chi connectivity index (χ0n) is 16.2. The van der Waals surface area contributed by atoms with E-state index in [2.05, 4.69) is 4.99 Å². The van der Waals surface area contributed by atoms with Gasteiger partial charge < -0.3 is 9.30 Å². The van der Waals surface area contributed by atoms with E-state index in [0.29, 0.717) is 4.80 Å². The molecule has 152 valence electrons. The van der Waals surface area contributed by atoms with Gasteiger partial charge in [0.05, 0.1) is 22.2 Å². The van der Waals surface area contributed by atoms with Crippen molar-refractivity contribution in [2.45, 2.75) is 24.8 Å². The number of nitrogens with zero attached hydrogens (tertiary/aromatic N) is 2. The van der Waals surface area contributed by atoms with Crippen molar-refractivity contribution in [3.05, 3.63) is 58.4 Å². The van der Waals surface area contributed by atoms with Gasteiger partial charge in [-0.2, -0.15) is 4.99 Å². The predicted octanol–water partition coefficient (Wildman–Crippen LogP) is 2.58. The van der Waals surface area contributed by atoms with Crippen LogP contribution < -0.4 is 4.80 Å². The van der Waals surface area contributed by atoms with Crippen molar-refractivity contribution in [1.29, 1.82) is 0 Å². The normalized spacial score (nSPS) is 12.3. The van der Waals surface area contributed by atoms with E-state index in [9.17, 15) is 18.0 Å².